The van der Waals surface area contributed by atoms with E-state index in [1.54, 1.807) is 18.3 Å². The molecule has 4 rings (SSSR count). The van der Waals surface area contributed by atoms with Crippen molar-refractivity contribution in [1.29, 1.82) is 0 Å². The van der Waals surface area contributed by atoms with Crippen LogP contribution in [-0.2, 0) is 11.4 Å². The van der Waals surface area contributed by atoms with Gasteiger partial charge in [0, 0.05) is 5.56 Å². The second kappa shape index (κ2) is 10.2. The lowest BCUT2D eigenvalue weighted by atomic mass is 9.91. The molecule has 0 aliphatic heterocycles. The third-order valence-corrected chi connectivity index (χ3v) is 5.77. The van der Waals surface area contributed by atoms with Crippen molar-refractivity contribution in [2.75, 3.05) is 0 Å². The topological polar surface area (TPSA) is 81.5 Å². The molecule has 6 nitrogen and oxygen atoms in total. The number of carbonyl (C=O) groups is 1. The van der Waals surface area contributed by atoms with Gasteiger partial charge in [-0.15, -0.1) is 0 Å². The maximum absolute atomic E-state index is 14.5. The average molecular weight is 465 g/mol. The number of hydrogen-bond acceptors (Lipinski definition) is 5. The molecule has 1 fully saturated rings. The van der Waals surface area contributed by atoms with Crippen molar-refractivity contribution >= 4 is 5.97 Å². The molecule has 1 aliphatic rings. The van der Waals surface area contributed by atoms with E-state index in [-0.39, 0.29) is 36.7 Å². The van der Waals surface area contributed by atoms with Crippen LogP contribution in [0.15, 0.2) is 48.7 Å². The first-order valence-corrected chi connectivity index (χ1v) is 11.5. The molecule has 1 N–H and O–H groups in total. The number of aromatic nitrogens is 2. The SMILES string of the molecule is Cc1ccc(F)c(-c2ncc(COc3cccc([C@@H](CC(=O)O)C4CC4)c3)nc2OC(C)C)c1. The number of hydrogen-bond donors (Lipinski definition) is 1. The predicted molar refractivity (Wildman–Crippen MR) is 126 cm³/mol. The largest absolute Gasteiger partial charge is 0.487 e. The Balaban J connectivity index is 1.54. The van der Waals surface area contributed by atoms with Crippen LogP contribution in [0.25, 0.3) is 11.3 Å². The molecule has 1 heterocycles. The van der Waals surface area contributed by atoms with Crippen LogP contribution in [-0.4, -0.2) is 27.1 Å². The van der Waals surface area contributed by atoms with E-state index in [0.717, 1.165) is 24.0 Å². The van der Waals surface area contributed by atoms with E-state index >= 15 is 0 Å². The molecule has 3 aromatic rings. The van der Waals surface area contributed by atoms with Crippen LogP contribution in [0, 0.1) is 18.7 Å². The Hall–Kier alpha value is -3.48. The average Bonchev–Trinajstić information content (AvgIpc) is 3.63. The minimum Gasteiger partial charge on any atom is -0.487 e. The quantitative estimate of drug-likeness (QED) is 0.401. The first-order chi connectivity index (χ1) is 16.3. The van der Waals surface area contributed by atoms with E-state index in [4.69, 9.17) is 9.47 Å². The van der Waals surface area contributed by atoms with Gasteiger partial charge in [0.1, 0.15) is 29.6 Å². The third kappa shape index (κ3) is 5.90. The standard InChI is InChI=1S/C27H29FN2O4/c1-16(2)34-27-26(23-11-17(3)7-10-24(23)28)29-14-20(30-27)15-33-21-6-4-5-19(12-21)22(13-25(31)32)18-8-9-18/h4-7,10-12,14,16,18,22H,8-9,13,15H2,1-3H3,(H,31,32)/t22-/m0/s1. The van der Waals surface area contributed by atoms with Crippen LogP contribution in [0.4, 0.5) is 4.39 Å². The lowest BCUT2D eigenvalue weighted by Crippen LogP contribution is -2.11. The summed E-state index contributed by atoms with van der Waals surface area (Å²) in [5.41, 5.74) is 3.12. The molecule has 0 radical (unpaired) electrons. The number of nitrogens with zero attached hydrogens (tertiary/aromatic N) is 2. The zero-order chi connectivity index (χ0) is 24.2. The summed E-state index contributed by atoms with van der Waals surface area (Å²) in [4.78, 5) is 20.3. The molecule has 1 aromatic heterocycles. The molecule has 7 heteroatoms. The highest BCUT2D eigenvalue weighted by atomic mass is 19.1. The van der Waals surface area contributed by atoms with E-state index < -0.39 is 5.97 Å². The Bertz CT molecular complexity index is 1180. The Morgan fingerprint density at radius 3 is 2.71 bits per heavy atom. The normalized spacial score (nSPS) is 14.1. The summed E-state index contributed by atoms with van der Waals surface area (Å²) in [6, 6.07) is 12.4. The zero-order valence-corrected chi connectivity index (χ0v) is 19.6. The van der Waals surface area contributed by atoms with Gasteiger partial charge >= 0.3 is 5.97 Å². The van der Waals surface area contributed by atoms with Crippen LogP contribution >= 0.6 is 0 Å². The lowest BCUT2D eigenvalue weighted by molar-refractivity contribution is -0.137. The van der Waals surface area contributed by atoms with Crippen molar-refractivity contribution in [2.24, 2.45) is 5.92 Å². The number of carboxylic acid groups (broad SMARTS) is 1. The summed E-state index contributed by atoms with van der Waals surface area (Å²) in [5, 5.41) is 9.29. The van der Waals surface area contributed by atoms with Gasteiger partial charge in [-0.2, -0.15) is 0 Å². The Morgan fingerprint density at radius 1 is 1.21 bits per heavy atom. The summed E-state index contributed by atoms with van der Waals surface area (Å²) in [6.45, 7) is 5.79. The van der Waals surface area contributed by atoms with Crippen LogP contribution in [0.1, 0.15) is 55.8 Å². The van der Waals surface area contributed by atoms with Gasteiger partial charge in [-0.3, -0.25) is 4.79 Å². The van der Waals surface area contributed by atoms with Gasteiger partial charge in [0.25, 0.3) is 0 Å². The Labute approximate surface area is 198 Å². The summed E-state index contributed by atoms with van der Waals surface area (Å²) < 4.78 is 26.3. The predicted octanol–water partition coefficient (Wildman–Crippen LogP) is 5.93. The first kappa shape index (κ1) is 23.7. The van der Waals surface area contributed by atoms with Crippen molar-refractivity contribution < 1.29 is 23.8 Å². The zero-order valence-electron chi connectivity index (χ0n) is 19.6. The fourth-order valence-corrected chi connectivity index (χ4v) is 4.02. The van der Waals surface area contributed by atoms with Gasteiger partial charge in [-0.25, -0.2) is 14.4 Å². The van der Waals surface area contributed by atoms with Gasteiger partial charge in [0.2, 0.25) is 5.88 Å². The second-order valence-corrected chi connectivity index (χ2v) is 9.07. The van der Waals surface area contributed by atoms with E-state index in [0.29, 0.717) is 28.6 Å². The highest BCUT2D eigenvalue weighted by Crippen LogP contribution is 2.45. The van der Waals surface area contributed by atoms with Crippen molar-refractivity contribution in [1.82, 2.24) is 9.97 Å². The highest BCUT2D eigenvalue weighted by Gasteiger charge is 2.33. The van der Waals surface area contributed by atoms with E-state index in [2.05, 4.69) is 9.97 Å². The minimum absolute atomic E-state index is 0.00426. The van der Waals surface area contributed by atoms with Crippen LogP contribution < -0.4 is 9.47 Å². The maximum Gasteiger partial charge on any atom is 0.303 e. The molecule has 0 amide bonds. The summed E-state index contributed by atoms with van der Waals surface area (Å²) in [6.07, 6.45) is 3.64. The van der Waals surface area contributed by atoms with E-state index in [1.807, 2.05) is 45.0 Å². The monoisotopic (exact) mass is 464 g/mol. The lowest BCUT2D eigenvalue weighted by Gasteiger charge is -2.16. The molecular weight excluding hydrogens is 435 g/mol. The van der Waals surface area contributed by atoms with Crippen molar-refractivity contribution in [2.45, 2.75) is 58.7 Å². The maximum atomic E-state index is 14.5. The van der Waals surface area contributed by atoms with Gasteiger partial charge in [0.05, 0.1) is 18.7 Å². The molecule has 1 atom stereocenters. The van der Waals surface area contributed by atoms with Gasteiger partial charge in [-0.05, 0) is 75.3 Å². The van der Waals surface area contributed by atoms with Crippen LogP contribution in [0.5, 0.6) is 11.6 Å². The number of aryl methyl sites for hydroxylation is 1. The summed E-state index contributed by atoms with van der Waals surface area (Å²) in [7, 11) is 0. The van der Waals surface area contributed by atoms with Crippen molar-refractivity contribution in [3.05, 3.63) is 71.3 Å². The molecule has 34 heavy (non-hydrogen) atoms. The first-order valence-electron chi connectivity index (χ1n) is 11.5. The molecule has 0 unspecified atom stereocenters. The molecular formula is C27H29FN2O4. The fourth-order valence-electron chi connectivity index (χ4n) is 4.02. The van der Waals surface area contributed by atoms with E-state index in [9.17, 15) is 14.3 Å². The molecule has 178 valence electrons. The number of carboxylic acids is 1. The van der Waals surface area contributed by atoms with Crippen LogP contribution in [0.3, 0.4) is 0 Å². The highest BCUT2D eigenvalue weighted by molar-refractivity contribution is 5.68. The number of rotatable bonds is 10. The molecule has 1 aliphatic carbocycles. The molecule has 0 spiro atoms. The van der Waals surface area contributed by atoms with Gasteiger partial charge in [-0.1, -0.05) is 23.8 Å². The Kier molecular flexibility index (Phi) is 7.10. The van der Waals surface area contributed by atoms with Crippen molar-refractivity contribution in [3.63, 3.8) is 0 Å². The summed E-state index contributed by atoms with van der Waals surface area (Å²) >= 11 is 0. The van der Waals surface area contributed by atoms with Gasteiger partial charge in [0.15, 0.2) is 0 Å². The second-order valence-electron chi connectivity index (χ2n) is 9.07. The van der Waals surface area contributed by atoms with Gasteiger partial charge < -0.3 is 14.6 Å². The number of benzene rings is 2. The molecule has 2 aromatic carbocycles. The molecule has 0 bridgehead atoms. The third-order valence-electron chi connectivity index (χ3n) is 5.77. The smallest absolute Gasteiger partial charge is 0.303 e. The number of ether oxygens (including phenoxy) is 2. The fraction of sp³-hybridized carbons (Fsp3) is 0.370. The van der Waals surface area contributed by atoms with E-state index in [1.165, 1.54) is 6.07 Å². The minimum atomic E-state index is -0.790. The number of aliphatic carboxylic acids is 1. The summed E-state index contributed by atoms with van der Waals surface area (Å²) in [5.74, 6) is 0.125. The Morgan fingerprint density at radius 2 is 2.00 bits per heavy atom. The molecule has 1 saturated carbocycles. The van der Waals surface area contributed by atoms with Crippen molar-refractivity contribution in [3.8, 4) is 22.9 Å². The van der Waals surface area contributed by atoms with Crippen LogP contribution in [0.2, 0.25) is 0 Å². The molecule has 0 saturated heterocycles. The number of halogens is 1.